The molecule has 0 aromatic rings. The van der Waals surface area contributed by atoms with E-state index in [0.717, 1.165) is 32.7 Å². The van der Waals surface area contributed by atoms with Gasteiger partial charge in [-0.3, -0.25) is 4.90 Å². The van der Waals surface area contributed by atoms with Gasteiger partial charge in [0.05, 0.1) is 0 Å². The van der Waals surface area contributed by atoms with Crippen LogP contribution in [0.2, 0.25) is 25.7 Å². The van der Waals surface area contributed by atoms with Gasteiger partial charge < -0.3 is 9.80 Å². The molecule has 0 bridgehead atoms. The summed E-state index contributed by atoms with van der Waals surface area (Å²) in [6.45, 7) is 17.1. The second-order valence-electron chi connectivity index (χ2n) is 7.37. The number of rotatable bonds is 10. The molecular weight excluding hydrogens is 250 g/mol. The molecule has 0 rings (SSSR count). The fraction of sp³-hybridized carbons (Fsp3) is 0.867. The SMILES string of the molecule is C=C(CN(CCN(C)C)CCN(C)C)C[Si](C)(C)C. The summed E-state index contributed by atoms with van der Waals surface area (Å²) in [7, 11) is 7.54. The third kappa shape index (κ3) is 12.6. The highest BCUT2D eigenvalue weighted by Crippen LogP contribution is 2.15. The van der Waals surface area contributed by atoms with Gasteiger partial charge in [0, 0.05) is 40.8 Å². The minimum Gasteiger partial charge on any atom is -0.308 e. The molecule has 0 amide bonds. The van der Waals surface area contributed by atoms with Crippen molar-refractivity contribution >= 4 is 8.07 Å². The van der Waals surface area contributed by atoms with Crippen molar-refractivity contribution < 1.29 is 0 Å². The Hall–Kier alpha value is -0.163. The van der Waals surface area contributed by atoms with Crippen LogP contribution in [0.4, 0.5) is 0 Å². The van der Waals surface area contributed by atoms with Gasteiger partial charge in [0.1, 0.15) is 0 Å². The van der Waals surface area contributed by atoms with Crippen molar-refractivity contribution in [2.24, 2.45) is 0 Å². The van der Waals surface area contributed by atoms with Crippen molar-refractivity contribution in [3.8, 4) is 0 Å². The Morgan fingerprint density at radius 3 is 1.58 bits per heavy atom. The molecule has 0 spiro atoms. The topological polar surface area (TPSA) is 9.72 Å². The first-order valence-electron chi connectivity index (χ1n) is 7.28. The number of hydrogen-bond acceptors (Lipinski definition) is 3. The second kappa shape index (κ2) is 8.90. The van der Waals surface area contributed by atoms with E-state index < -0.39 is 8.07 Å². The molecule has 0 atom stereocenters. The molecule has 0 aliphatic carbocycles. The van der Waals surface area contributed by atoms with E-state index in [1.54, 1.807) is 0 Å². The van der Waals surface area contributed by atoms with Crippen LogP contribution in [0, 0.1) is 0 Å². The lowest BCUT2D eigenvalue weighted by molar-refractivity contribution is 0.232. The summed E-state index contributed by atoms with van der Waals surface area (Å²) < 4.78 is 0. The zero-order valence-corrected chi connectivity index (χ0v) is 15.3. The number of nitrogens with zero attached hydrogens (tertiary/aromatic N) is 3. The average molecular weight is 286 g/mol. The molecule has 0 aliphatic rings. The molecule has 0 radical (unpaired) electrons. The molecule has 0 aliphatic heterocycles. The van der Waals surface area contributed by atoms with Crippen molar-refractivity contribution in [2.45, 2.75) is 25.7 Å². The molecule has 0 aromatic carbocycles. The van der Waals surface area contributed by atoms with Gasteiger partial charge in [-0.05, 0) is 34.2 Å². The molecule has 0 aromatic heterocycles. The van der Waals surface area contributed by atoms with Crippen LogP contribution in [-0.4, -0.2) is 83.7 Å². The first-order valence-corrected chi connectivity index (χ1v) is 11.0. The molecule has 114 valence electrons. The fourth-order valence-electron chi connectivity index (χ4n) is 2.07. The van der Waals surface area contributed by atoms with Crippen LogP contribution in [-0.2, 0) is 0 Å². The minimum atomic E-state index is -1.02. The molecule has 0 saturated carbocycles. The van der Waals surface area contributed by atoms with Crippen molar-refractivity contribution in [2.75, 3.05) is 60.9 Å². The van der Waals surface area contributed by atoms with Gasteiger partial charge in [-0.15, -0.1) is 0 Å². The highest BCUT2D eigenvalue weighted by molar-refractivity contribution is 6.76. The van der Waals surface area contributed by atoms with Crippen LogP contribution < -0.4 is 0 Å². The summed E-state index contributed by atoms with van der Waals surface area (Å²) in [5.41, 5.74) is 1.41. The predicted molar refractivity (Wildman–Crippen MR) is 90.8 cm³/mol. The first-order chi connectivity index (χ1) is 8.60. The Bertz CT molecular complexity index is 245. The van der Waals surface area contributed by atoms with Gasteiger partial charge in [0.2, 0.25) is 0 Å². The van der Waals surface area contributed by atoms with E-state index in [4.69, 9.17) is 0 Å². The standard InChI is InChI=1S/C15H35N3Si/c1-15(14-19(6,7)8)13-18(11-9-16(2)3)12-10-17(4)5/h1,9-14H2,2-8H3. The van der Waals surface area contributed by atoms with Gasteiger partial charge in [0.15, 0.2) is 0 Å². The van der Waals surface area contributed by atoms with Gasteiger partial charge in [-0.25, -0.2) is 0 Å². The van der Waals surface area contributed by atoms with E-state index in [1.807, 2.05) is 0 Å². The van der Waals surface area contributed by atoms with Crippen molar-refractivity contribution in [3.63, 3.8) is 0 Å². The summed E-state index contributed by atoms with van der Waals surface area (Å²) in [4.78, 5) is 7.05. The lowest BCUT2D eigenvalue weighted by Gasteiger charge is -2.28. The summed E-state index contributed by atoms with van der Waals surface area (Å²) in [6, 6.07) is 1.24. The van der Waals surface area contributed by atoms with Crippen LogP contribution in [0.3, 0.4) is 0 Å². The Morgan fingerprint density at radius 2 is 1.26 bits per heavy atom. The average Bonchev–Trinajstić information content (AvgIpc) is 2.18. The van der Waals surface area contributed by atoms with Gasteiger partial charge in [-0.2, -0.15) is 0 Å². The van der Waals surface area contributed by atoms with Gasteiger partial charge >= 0.3 is 0 Å². The summed E-state index contributed by atoms with van der Waals surface area (Å²) in [5, 5.41) is 0. The molecule has 0 saturated heterocycles. The molecule has 19 heavy (non-hydrogen) atoms. The highest BCUT2D eigenvalue weighted by Gasteiger charge is 2.16. The molecule has 0 heterocycles. The molecular formula is C15H35N3Si. The number of hydrogen-bond donors (Lipinski definition) is 0. The Balaban J connectivity index is 4.27. The quantitative estimate of drug-likeness (QED) is 0.450. The van der Waals surface area contributed by atoms with E-state index in [9.17, 15) is 0 Å². The molecule has 3 nitrogen and oxygen atoms in total. The monoisotopic (exact) mass is 285 g/mol. The third-order valence-corrected chi connectivity index (χ3v) is 4.52. The zero-order valence-electron chi connectivity index (χ0n) is 14.3. The van der Waals surface area contributed by atoms with Crippen LogP contribution in [0.25, 0.3) is 0 Å². The normalized spacial score (nSPS) is 12.7. The van der Waals surface area contributed by atoms with E-state index in [1.165, 1.54) is 11.6 Å². The van der Waals surface area contributed by atoms with E-state index >= 15 is 0 Å². The smallest absolute Gasteiger partial charge is 0.0483 e. The lowest BCUT2D eigenvalue weighted by Crippen LogP contribution is -2.38. The largest absolute Gasteiger partial charge is 0.308 e. The maximum absolute atomic E-state index is 4.30. The lowest BCUT2D eigenvalue weighted by atomic mass is 10.3. The van der Waals surface area contributed by atoms with Crippen molar-refractivity contribution in [1.29, 1.82) is 0 Å². The second-order valence-corrected chi connectivity index (χ2v) is 12.8. The summed E-state index contributed by atoms with van der Waals surface area (Å²) in [6.07, 6.45) is 0. The fourth-order valence-corrected chi connectivity index (χ4v) is 3.69. The first kappa shape index (κ1) is 18.8. The maximum atomic E-state index is 4.30. The van der Waals surface area contributed by atoms with Gasteiger partial charge in [0.25, 0.3) is 0 Å². The Kier molecular flexibility index (Phi) is 8.82. The Morgan fingerprint density at radius 1 is 0.842 bits per heavy atom. The van der Waals surface area contributed by atoms with Crippen LogP contribution in [0.1, 0.15) is 0 Å². The maximum Gasteiger partial charge on any atom is 0.0483 e. The van der Waals surface area contributed by atoms with Crippen LogP contribution in [0.5, 0.6) is 0 Å². The zero-order chi connectivity index (χ0) is 15.1. The van der Waals surface area contributed by atoms with Crippen LogP contribution >= 0.6 is 0 Å². The van der Waals surface area contributed by atoms with Crippen molar-refractivity contribution in [1.82, 2.24) is 14.7 Å². The van der Waals surface area contributed by atoms with Gasteiger partial charge in [-0.1, -0.05) is 31.8 Å². The predicted octanol–water partition coefficient (Wildman–Crippen LogP) is 2.31. The van der Waals surface area contributed by atoms with E-state index in [2.05, 4.69) is 69.1 Å². The molecule has 4 heteroatoms. The van der Waals surface area contributed by atoms with E-state index in [-0.39, 0.29) is 0 Å². The third-order valence-electron chi connectivity index (χ3n) is 2.95. The summed E-state index contributed by atoms with van der Waals surface area (Å²) in [5.74, 6) is 0. The number of likely N-dealkylation sites (N-methyl/N-ethyl adjacent to an activating group) is 2. The molecule has 0 N–H and O–H groups in total. The van der Waals surface area contributed by atoms with E-state index in [0.29, 0.717) is 0 Å². The Labute approximate surface area is 122 Å². The molecule has 0 unspecified atom stereocenters. The highest BCUT2D eigenvalue weighted by atomic mass is 28.3. The minimum absolute atomic E-state index is 1.02. The van der Waals surface area contributed by atoms with Crippen molar-refractivity contribution in [3.05, 3.63) is 12.2 Å². The molecule has 0 fully saturated rings. The summed E-state index contributed by atoms with van der Waals surface area (Å²) >= 11 is 0. The van der Waals surface area contributed by atoms with Crippen LogP contribution in [0.15, 0.2) is 12.2 Å².